The maximum Gasteiger partial charge on any atom is 0.268 e. The summed E-state index contributed by atoms with van der Waals surface area (Å²) in [6.45, 7) is 0.587. The fraction of sp³-hybridized carbons (Fsp3) is 0.286. The lowest BCUT2D eigenvalue weighted by Gasteiger charge is -2.23. The molecule has 4 rings (SSSR count). The minimum absolute atomic E-state index is 0.0923. The topological polar surface area (TPSA) is 98.7 Å². The Morgan fingerprint density at radius 3 is 2.83 bits per heavy atom. The highest BCUT2D eigenvalue weighted by Crippen LogP contribution is 2.31. The molecule has 2 aliphatic rings. The van der Waals surface area contributed by atoms with E-state index in [2.05, 4.69) is 10.6 Å². The molecule has 1 atom stereocenters. The number of carbonyl (C=O) groups excluding carboxylic acids is 3. The molecule has 9 heteroatoms. The SMILES string of the molecule is O=C1NCCc2ccc(N3CCC(O)(C(=O)NCc4cc(F)cc(Cl)c4)C3=O)cc21. The van der Waals surface area contributed by atoms with Crippen LogP contribution in [0, 0.1) is 5.82 Å². The third-order valence-electron chi connectivity index (χ3n) is 5.38. The standard InChI is InChI=1S/C21H19ClFN3O4/c22-14-7-12(8-15(23)9-14)11-25-19(28)21(30)4-6-26(20(21)29)16-2-1-13-3-5-24-18(27)17(13)10-16/h1-2,7-10,30H,3-6,11H2,(H,24,27)(H,25,28). The molecule has 2 aromatic rings. The number of nitrogens with zero attached hydrogens (tertiary/aromatic N) is 1. The Hall–Kier alpha value is -2.97. The second-order valence-electron chi connectivity index (χ2n) is 7.37. The predicted octanol–water partition coefficient (Wildman–Crippen LogP) is 1.55. The van der Waals surface area contributed by atoms with E-state index in [0.29, 0.717) is 29.8 Å². The monoisotopic (exact) mass is 431 g/mol. The molecule has 0 bridgehead atoms. The van der Waals surface area contributed by atoms with Crippen molar-refractivity contribution in [2.24, 2.45) is 0 Å². The zero-order valence-electron chi connectivity index (χ0n) is 15.9. The molecular formula is C21H19ClFN3O4. The number of amides is 3. The molecule has 3 amide bonds. The van der Waals surface area contributed by atoms with Gasteiger partial charge in [-0.25, -0.2) is 4.39 Å². The van der Waals surface area contributed by atoms with Crippen molar-refractivity contribution in [1.82, 2.24) is 10.6 Å². The number of nitrogens with one attached hydrogen (secondary N) is 2. The summed E-state index contributed by atoms with van der Waals surface area (Å²) in [5.74, 6) is -2.41. The highest BCUT2D eigenvalue weighted by atomic mass is 35.5. The Morgan fingerprint density at radius 2 is 2.07 bits per heavy atom. The van der Waals surface area contributed by atoms with Gasteiger partial charge in [0, 0.05) is 42.3 Å². The number of hydrogen-bond donors (Lipinski definition) is 3. The third-order valence-corrected chi connectivity index (χ3v) is 5.60. The summed E-state index contributed by atoms with van der Waals surface area (Å²) in [7, 11) is 0. The van der Waals surface area contributed by atoms with Crippen molar-refractivity contribution in [2.75, 3.05) is 18.0 Å². The van der Waals surface area contributed by atoms with Gasteiger partial charge >= 0.3 is 0 Å². The summed E-state index contributed by atoms with van der Waals surface area (Å²) in [5, 5.41) is 16.2. The van der Waals surface area contributed by atoms with E-state index in [-0.39, 0.29) is 30.4 Å². The van der Waals surface area contributed by atoms with Gasteiger partial charge in [-0.3, -0.25) is 14.4 Å². The lowest BCUT2D eigenvalue weighted by Crippen LogP contribution is -2.52. The molecule has 2 aromatic carbocycles. The van der Waals surface area contributed by atoms with Crippen LogP contribution in [0.5, 0.6) is 0 Å². The van der Waals surface area contributed by atoms with Gasteiger partial charge in [0.25, 0.3) is 17.7 Å². The Morgan fingerprint density at radius 1 is 1.27 bits per heavy atom. The maximum atomic E-state index is 13.4. The molecule has 0 spiro atoms. The van der Waals surface area contributed by atoms with E-state index in [1.807, 2.05) is 0 Å². The fourth-order valence-corrected chi connectivity index (χ4v) is 4.02. The summed E-state index contributed by atoms with van der Waals surface area (Å²) in [4.78, 5) is 38.8. The molecule has 0 aliphatic carbocycles. The van der Waals surface area contributed by atoms with Crippen LogP contribution in [-0.2, 0) is 22.6 Å². The van der Waals surface area contributed by atoms with Crippen molar-refractivity contribution in [2.45, 2.75) is 25.0 Å². The van der Waals surface area contributed by atoms with E-state index in [4.69, 9.17) is 11.6 Å². The first-order valence-corrected chi connectivity index (χ1v) is 9.84. The number of rotatable bonds is 4. The van der Waals surface area contributed by atoms with Crippen LogP contribution < -0.4 is 15.5 Å². The molecule has 1 saturated heterocycles. The molecule has 1 fully saturated rings. The van der Waals surface area contributed by atoms with Crippen LogP contribution in [0.4, 0.5) is 10.1 Å². The quantitative estimate of drug-likeness (QED) is 0.640. The predicted molar refractivity (Wildman–Crippen MR) is 108 cm³/mol. The first-order chi connectivity index (χ1) is 14.3. The second kappa shape index (κ2) is 7.70. The van der Waals surface area contributed by atoms with E-state index in [1.165, 1.54) is 17.0 Å². The smallest absolute Gasteiger partial charge is 0.268 e. The van der Waals surface area contributed by atoms with Crippen molar-refractivity contribution < 1.29 is 23.9 Å². The number of carbonyl (C=O) groups is 3. The lowest BCUT2D eigenvalue weighted by atomic mass is 9.99. The first-order valence-electron chi connectivity index (χ1n) is 9.47. The molecule has 0 radical (unpaired) electrons. The maximum absolute atomic E-state index is 13.4. The Labute approximate surface area is 176 Å². The van der Waals surface area contributed by atoms with Gasteiger partial charge in [0.05, 0.1) is 0 Å². The fourth-order valence-electron chi connectivity index (χ4n) is 3.77. The molecule has 1 unspecified atom stereocenters. The average Bonchev–Trinajstić information content (AvgIpc) is 3.01. The molecule has 0 saturated carbocycles. The third kappa shape index (κ3) is 3.64. The largest absolute Gasteiger partial charge is 0.372 e. The van der Waals surface area contributed by atoms with Crippen LogP contribution in [0.1, 0.15) is 27.9 Å². The van der Waals surface area contributed by atoms with Crippen LogP contribution in [-0.4, -0.2) is 41.5 Å². The van der Waals surface area contributed by atoms with Gasteiger partial charge in [-0.15, -0.1) is 0 Å². The summed E-state index contributed by atoms with van der Waals surface area (Å²) in [6, 6.07) is 8.90. The zero-order valence-corrected chi connectivity index (χ0v) is 16.6. The number of anilines is 1. The summed E-state index contributed by atoms with van der Waals surface area (Å²) in [6.07, 6.45) is 0.594. The van der Waals surface area contributed by atoms with Crippen LogP contribution in [0.2, 0.25) is 5.02 Å². The number of halogens is 2. The zero-order chi connectivity index (χ0) is 21.5. The van der Waals surface area contributed by atoms with Crippen LogP contribution in [0.15, 0.2) is 36.4 Å². The molecule has 3 N–H and O–H groups in total. The van der Waals surface area contributed by atoms with Crippen molar-refractivity contribution in [1.29, 1.82) is 0 Å². The summed E-state index contributed by atoms with van der Waals surface area (Å²) in [5.41, 5.74) is -0.0309. The van der Waals surface area contributed by atoms with Gasteiger partial charge in [-0.05, 0) is 47.9 Å². The molecule has 30 heavy (non-hydrogen) atoms. The van der Waals surface area contributed by atoms with Crippen LogP contribution in [0.3, 0.4) is 0 Å². The average molecular weight is 432 g/mol. The Balaban J connectivity index is 1.49. The van der Waals surface area contributed by atoms with Crippen LogP contribution in [0.25, 0.3) is 0 Å². The minimum Gasteiger partial charge on any atom is -0.372 e. The number of aliphatic hydroxyl groups is 1. The van der Waals surface area contributed by atoms with Crippen molar-refractivity contribution in [3.05, 3.63) is 63.9 Å². The van der Waals surface area contributed by atoms with E-state index in [9.17, 15) is 23.9 Å². The van der Waals surface area contributed by atoms with Crippen molar-refractivity contribution >= 4 is 35.0 Å². The molecule has 7 nitrogen and oxygen atoms in total. The van der Waals surface area contributed by atoms with Gasteiger partial charge in [-0.2, -0.15) is 0 Å². The van der Waals surface area contributed by atoms with Crippen LogP contribution >= 0.6 is 11.6 Å². The molecule has 0 aromatic heterocycles. The van der Waals surface area contributed by atoms with Gasteiger partial charge in [-0.1, -0.05) is 17.7 Å². The van der Waals surface area contributed by atoms with Crippen molar-refractivity contribution in [3.8, 4) is 0 Å². The summed E-state index contributed by atoms with van der Waals surface area (Å²) < 4.78 is 13.4. The summed E-state index contributed by atoms with van der Waals surface area (Å²) >= 11 is 5.80. The van der Waals surface area contributed by atoms with Gasteiger partial charge in [0.2, 0.25) is 5.60 Å². The molecule has 156 valence electrons. The van der Waals surface area contributed by atoms with Gasteiger partial charge in [0.15, 0.2) is 0 Å². The van der Waals surface area contributed by atoms with E-state index in [1.54, 1.807) is 18.2 Å². The second-order valence-corrected chi connectivity index (χ2v) is 7.81. The molecule has 2 aliphatic heterocycles. The van der Waals surface area contributed by atoms with Gasteiger partial charge in [0.1, 0.15) is 5.82 Å². The lowest BCUT2D eigenvalue weighted by molar-refractivity contribution is -0.149. The normalized spacial score (nSPS) is 20.7. The first kappa shape index (κ1) is 20.3. The highest BCUT2D eigenvalue weighted by molar-refractivity contribution is 6.30. The Bertz CT molecular complexity index is 1040. The van der Waals surface area contributed by atoms with E-state index in [0.717, 1.165) is 11.6 Å². The highest BCUT2D eigenvalue weighted by Gasteiger charge is 2.51. The Kier molecular flexibility index (Phi) is 5.21. The molecular weight excluding hydrogens is 413 g/mol. The minimum atomic E-state index is -2.24. The van der Waals surface area contributed by atoms with Gasteiger partial charge < -0.3 is 20.6 Å². The molecule has 2 heterocycles. The number of hydrogen-bond acceptors (Lipinski definition) is 4. The number of benzene rings is 2. The number of fused-ring (bicyclic) bond motifs is 1. The van der Waals surface area contributed by atoms with E-state index < -0.39 is 23.2 Å². The van der Waals surface area contributed by atoms with Crippen molar-refractivity contribution in [3.63, 3.8) is 0 Å². The van der Waals surface area contributed by atoms with E-state index >= 15 is 0 Å².